The number of halogens is 1. The number of pyridine rings is 1. The van der Waals surface area contributed by atoms with Crippen LogP contribution in [0.1, 0.15) is 39.0 Å². The number of nitrogens with one attached hydrogen (secondary N) is 2. The van der Waals surface area contributed by atoms with E-state index in [1.807, 2.05) is 18.2 Å². The normalized spacial score (nSPS) is 19.9. The minimum atomic E-state index is -0.282. The number of carbonyl (C=O) groups excluding carboxylic acids is 1. The van der Waals surface area contributed by atoms with Crippen molar-refractivity contribution >= 4 is 22.6 Å². The second-order valence-electron chi connectivity index (χ2n) is 7.43. The number of benzene rings is 1. The van der Waals surface area contributed by atoms with E-state index in [0.29, 0.717) is 5.65 Å². The van der Waals surface area contributed by atoms with Crippen molar-refractivity contribution in [1.82, 2.24) is 9.97 Å². The lowest BCUT2D eigenvalue weighted by Gasteiger charge is -2.26. The molecule has 2 heterocycles. The molecule has 0 spiro atoms. The first-order valence-corrected chi connectivity index (χ1v) is 9.68. The van der Waals surface area contributed by atoms with Crippen molar-refractivity contribution in [2.24, 2.45) is 11.8 Å². The molecule has 4 nitrogen and oxygen atoms in total. The highest BCUT2D eigenvalue weighted by Crippen LogP contribution is 2.33. The predicted octanol–water partition coefficient (Wildman–Crippen LogP) is 5.52. The molecule has 5 heteroatoms. The molecule has 0 unspecified atom stereocenters. The lowest BCUT2D eigenvalue weighted by molar-refractivity contribution is -0.121. The number of hydrogen-bond donors (Lipinski definition) is 2. The van der Waals surface area contributed by atoms with Crippen LogP contribution in [0.5, 0.6) is 0 Å². The Kier molecular flexibility index (Phi) is 4.92. The van der Waals surface area contributed by atoms with Crippen LogP contribution in [-0.4, -0.2) is 15.9 Å². The van der Waals surface area contributed by atoms with E-state index in [0.717, 1.165) is 53.9 Å². The van der Waals surface area contributed by atoms with E-state index in [-0.39, 0.29) is 17.6 Å². The summed E-state index contributed by atoms with van der Waals surface area (Å²) in [5, 5.41) is 3.93. The van der Waals surface area contributed by atoms with Gasteiger partial charge in [0.15, 0.2) is 0 Å². The van der Waals surface area contributed by atoms with Crippen LogP contribution in [0.4, 0.5) is 10.1 Å². The molecule has 27 heavy (non-hydrogen) atoms. The van der Waals surface area contributed by atoms with Crippen molar-refractivity contribution in [1.29, 1.82) is 0 Å². The van der Waals surface area contributed by atoms with Crippen molar-refractivity contribution in [3.63, 3.8) is 0 Å². The SMILES string of the molecule is CC[C@H]1CC[C@H](C(=O)Nc2ccnc3[nH]c(-c4cccc(F)c4)cc23)CC1. The van der Waals surface area contributed by atoms with E-state index in [1.165, 1.54) is 18.6 Å². The smallest absolute Gasteiger partial charge is 0.227 e. The molecule has 2 aromatic heterocycles. The number of carbonyl (C=O) groups is 1. The maximum Gasteiger partial charge on any atom is 0.227 e. The molecule has 0 bridgehead atoms. The van der Waals surface area contributed by atoms with Gasteiger partial charge in [-0.1, -0.05) is 25.5 Å². The lowest BCUT2D eigenvalue weighted by atomic mass is 9.80. The van der Waals surface area contributed by atoms with E-state index in [4.69, 9.17) is 0 Å². The number of nitrogens with zero attached hydrogens (tertiary/aromatic N) is 1. The maximum absolute atomic E-state index is 13.5. The van der Waals surface area contributed by atoms with E-state index < -0.39 is 0 Å². The summed E-state index contributed by atoms with van der Waals surface area (Å²) in [6, 6.07) is 10.2. The molecule has 3 aromatic rings. The number of anilines is 1. The van der Waals surface area contributed by atoms with Crippen molar-refractivity contribution in [3.05, 3.63) is 48.4 Å². The van der Waals surface area contributed by atoms with Gasteiger partial charge in [0.05, 0.1) is 5.69 Å². The molecular weight excluding hydrogens is 341 g/mol. The number of H-pyrrole nitrogens is 1. The van der Waals surface area contributed by atoms with Gasteiger partial charge < -0.3 is 10.3 Å². The van der Waals surface area contributed by atoms with Crippen molar-refractivity contribution in [3.8, 4) is 11.3 Å². The van der Waals surface area contributed by atoms with Crippen LogP contribution in [-0.2, 0) is 4.79 Å². The molecule has 1 aliphatic rings. The number of aromatic nitrogens is 2. The average molecular weight is 365 g/mol. The standard InChI is InChI=1S/C22H24FN3O/c1-2-14-6-8-15(9-7-14)22(27)26-19-10-11-24-21-18(19)13-20(25-21)16-4-3-5-17(23)12-16/h3-5,10-15H,2,6-9H2,1H3,(H2,24,25,26,27)/t14-,15-. The molecule has 0 aliphatic heterocycles. The molecule has 1 fully saturated rings. The summed E-state index contributed by atoms with van der Waals surface area (Å²) in [6.07, 6.45) is 7.06. The zero-order chi connectivity index (χ0) is 18.8. The van der Waals surface area contributed by atoms with Gasteiger partial charge in [-0.3, -0.25) is 4.79 Å². The van der Waals surface area contributed by atoms with Crippen LogP contribution in [0.25, 0.3) is 22.3 Å². The molecule has 1 aromatic carbocycles. The summed E-state index contributed by atoms with van der Waals surface area (Å²) in [4.78, 5) is 20.3. The average Bonchev–Trinajstić information content (AvgIpc) is 3.13. The highest BCUT2D eigenvalue weighted by atomic mass is 19.1. The van der Waals surface area contributed by atoms with Crippen LogP contribution in [0.2, 0.25) is 0 Å². The topological polar surface area (TPSA) is 57.8 Å². The summed E-state index contributed by atoms with van der Waals surface area (Å²) in [7, 11) is 0. The number of hydrogen-bond acceptors (Lipinski definition) is 2. The summed E-state index contributed by atoms with van der Waals surface area (Å²) >= 11 is 0. The van der Waals surface area contributed by atoms with Gasteiger partial charge in [0, 0.05) is 28.8 Å². The van der Waals surface area contributed by atoms with E-state index in [9.17, 15) is 9.18 Å². The van der Waals surface area contributed by atoms with Gasteiger partial charge in [0.25, 0.3) is 0 Å². The van der Waals surface area contributed by atoms with Crippen molar-refractivity contribution < 1.29 is 9.18 Å². The third kappa shape index (κ3) is 3.72. The molecule has 4 rings (SSSR count). The Morgan fingerprint density at radius 1 is 1.22 bits per heavy atom. The lowest BCUT2D eigenvalue weighted by Crippen LogP contribution is -2.27. The highest BCUT2D eigenvalue weighted by molar-refractivity contribution is 6.02. The fraction of sp³-hybridized carbons (Fsp3) is 0.364. The van der Waals surface area contributed by atoms with Crippen LogP contribution in [0.15, 0.2) is 42.6 Å². The number of aromatic amines is 1. The third-order valence-electron chi connectivity index (χ3n) is 5.72. The molecule has 1 amide bonds. The first kappa shape index (κ1) is 17.7. The molecule has 140 valence electrons. The van der Waals surface area contributed by atoms with Crippen LogP contribution < -0.4 is 5.32 Å². The Balaban J connectivity index is 1.56. The van der Waals surface area contributed by atoms with Crippen LogP contribution in [0, 0.1) is 17.7 Å². The van der Waals surface area contributed by atoms with Gasteiger partial charge >= 0.3 is 0 Å². The van der Waals surface area contributed by atoms with E-state index in [2.05, 4.69) is 22.2 Å². The van der Waals surface area contributed by atoms with Gasteiger partial charge in [-0.15, -0.1) is 0 Å². The van der Waals surface area contributed by atoms with Gasteiger partial charge in [-0.25, -0.2) is 9.37 Å². The highest BCUT2D eigenvalue weighted by Gasteiger charge is 2.26. The van der Waals surface area contributed by atoms with Gasteiger partial charge in [-0.2, -0.15) is 0 Å². The minimum Gasteiger partial charge on any atom is -0.339 e. The molecule has 0 radical (unpaired) electrons. The fourth-order valence-electron chi connectivity index (χ4n) is 4.02. The molecule has 1 aliphatic carbocycles. The number of amides is 1. The van der Waals surface area contributed by atoms with Gasteiger partial charge in [-0.05, 0) is 55.9 Å². The Morgan fingerprint density at radius 2 is 2.04 bits per heavy atom. The second-order valence-corrected chi connectivity index (χ2v) is 7.43. The van der Waals surface area contributed by atoms with Crippen LogP contribution in [0.3, 0.4) is 0 Å². The Bertz CT molecular complexity index is 957. The Labute approximate surface area is 158 Å². The molecule has 2 N–H and O–H groups in total. The summed E-state index contributed by atoms with van der Waals surface area (Å²) in [5.41, 5.74) is 2.97. The second kappa shape index (κ2) is 7.51. The largest absolute Gasteiger partial charge is 0.339 e. The van der Waals surface area contributed by atoms with Crippen molar-refractivity contribution in [2.45, 2.75) is 39.0 Å². The van der Waals surface area contributed by atoms with Gasteiger partial charge in [0.1, 0.15) is 11.5 Å². The van der Waals surface area contributed by atoms with Crippen LogP contribution >= 0.6 is 0 Å². The Morgan fingerprint density at radius 3 is 2.78 bits per heavy atom. The maximum atomic E-state index is 13.5. The first-order valence-electron chi connectivity index (χ1n) is 9.68. The summed E-state index contributed by atoms with van der Waals surface area (Å²) < 4.78 is 13.5. The summed E-state index contributed by atoms with van der Waals surface area (Å²) in [5.74, 6) is 0.652. The number of fused-ring (bicyclic) bond motifs is 1. The molecule has 0 saturated heterocycles. The zero-order valence-electron chi connectivity index (χ0n) is 15.5. The first-order chi connectivity index (χ1) is 13.1. The summed E-state index contributed by atoms with van der Waals surface area (Å²) in [6.45, 7) is 2.22. The van der Waals surface area contributed by atoms with Gasteiger partial charge in [0.2, 0.25) is 5.91 Å². The molecule has 0 atom stereocenters. The van der Waals surface area contributed by atoms with E-state index >= 15 is 0 Å². The Hall–Kier alpha value is -2.69. The quantitative estimate of drug-likeness (QED) is 0.639. The number of rotatable bonds is 4. The monoisotopic (exact) mass is 365 g/mol. The molecular formula is C22H24FN3O. The third-order valence-corrected chi connectivity index (χ3v) is 5.72. The predicted molar refractivity (Wildman–Crippen MR) is 106 cm³/mol. The molecule has 1 saturated carbocycles. The minimum absolute atomic E-state index is 0.0812. The van der Waals surface area contributed by atoms with Crippen molar-refractivity contribution in [2.75, 3.05) is 5.32 Å². The zero-order valence-corrected chi connectivity index (χ0v) is 15.5. The fourth-order valence-corrected chi connectivity index (χ4v) is 4.02. The van der Waals surface area contributed by atoms with E-state index in [1.54, 1.807) is 12.3 Å².